The molecule has 0 radical (unpaired) electrons. The van der Waals surface area contributed by atoms with Crippen molar-refractivity contribution >= 4 is 29.3 Å². The second-order valence-corrected chi connectivity index (χ2v) is 8.83. The van der Waals surface area contributed by atoms with E-state index in [0.29, 0.717) is 28.4 Å². The number of amides is 2. The lowest BCUT2D eigenvalue weighted by Crippen LogP contribution is -2.49. The highest BCUT2D eigenvalue weighted by Gasteiger charge is 2.35. The number of piperidine rings is 1. The number of likely N-dealkylation sites (tertiary alicyclic amines) is 1. The van der Waals surface area contributed by atoms with Crippen LogP contribution in [0.3, 0.4) is 0 Å². The van der Waals surface area contributed by atoms with Crippen molar-refractivity contribution in [2.24, 2.45) is 13.0 Å². The van der Waals surface area contributed by atoms with Crippen LogP contribution in [0.2, 0.25) is 0 Å². The second-order valence-electron chi connectivity index (χ2n) is 7.89. The minimum atomic E-state index is -0.113. The Kier molecular flexibility index (Phi) is 6.18. The quantitative estimate of drug-likeness (QED) is 0.761. The summed E-state index contributed by atoms with van der Waals surface area (Å²) in [6.45, 7) is 0.859. The van der Waals surface area contributed by atoms with E-state index < -0.39 is 0 Å². The third-order valence-electron chi connectivity index (χ3n) is 5.92. The number of nitrogens with one attached hydrogen (secondary N) is 1. The lowest BCUT2D eigenvalue weighted by atomic mass is 9.78. The molecule has 0 unspecified atom stereocenters. The van der Waals surface area contributed by atoms with Gasteiger partial charge >= 0.3 is 0 Å². The molecule has 4 rings (SSSR count). The van der Waals surface area contributed by atoms with Crippen LogP contribution in [0.4, 0.5) is 5.69 Å². The first-order chi connectivity index (χ1) is 14.1. The first kappa shape index (κ1) is 19.9. The normalized spacial score (nSPS) is 21.5. The van der Waals surface area contributed by atoms with E-state index >= 15 is 0 Å². The highest BCUT2D eigenvalue weighted by atomic mass is 32.2. The van der Waals surface area contributed by atoms with Gasteiger partial charge in [0.25, 0.3) is 5.91 Å². The van der Waals surface area contributed by atoms with E-state index in [9.17, 15) is 9.59 Å². The van der Waals surface area contributed by atoms with E-state index in [0.717, 1.165) is 19.4 Å². The summed E-state index contributed by atoms with van der Waals surface area (Å²) in [7, 11) is 1.84. The van der Waals surface area contributed by atoms with Crippen LogP contribution in [-0.2, 0) is 11.8 Å². The summed E-state index contributed by atoms with van der Waals surface area (Å²) in [5.41, 5.74) is 1.39. The van der Waals surface area contributed by atoms with Gasteiger partial charge in [0.2, 0.25) is 5.91 Å². The van der Waals surface area contributed by atoms with Gasteiger partial charge in [-0.3, -0.25) is 9.59 Å². The van der Waals surface area contributed by atoms with Crippen LogP contribution in [0, 0.1) is 5.92 Å². The van der Waals surface area contributed by atoms with Gasteiger partial charge in [-0.15, -0.1) is 10.2 Å². The van der Waals surface area contributed by atoms with Crippen LogP contribution in [0.5, 0.6) is 0 Å². The third-order valence-corrected chi connectivity index (χ3v) is 6.96. The molecule has 7 nitrogen and oxygen atoms in total. The van der Waals surface area contributed by atoms with Crippen molar-refractivity contribution in [1.82, 2.24) is 19.7 Å². The Hall–Kier alpha value is -2.35. The van der Waals surface area contributed by atoms with Crippen molar-refractivity contribution in [3.8, 4) is 0 Å². The Labute approximate surface area is 175 Å². The molecule has 1 N–H and O–H groups in total. The Morgan fingerprint density at radius 1 is 1.14 bits per heavy atom. The number of aryl methyl sites for hydroxylation is 1. The summed E-state index contributed by atoms with van der Waals surface area (Å²) >= 11 is 1.33. The minimum absolute atomic E-state index is 0.113. The molecule has 1 aliphatic heterocycles. The van der Waals surface area contributed by atoms with Gasteiger partial charge in [-0.25, -0.2) is 0 Å². The van der Waals surface area contributed by atoms with Gasteiger partial charge < -0.3 is 14.8 Å². The molecule has 2 heterocycles. The van der Waals surface area contributed by atoms with Crippen LogP contribution in [0.15, 0.2) is 35.7 Å². The number of rotatable bonds is 5. The zero-order valence-corrected chi connectivity index (χ0v) is 17.5. The minimum Gasteiger partial charge on any atom is -0.335 e. The molecular formula is C21H27N5O2S. The maximum Gasteiger partial charge on any atom is 0.254 e. The van der Waals surface area contributed by atoms with Crippen molar-refractivity contribution < 1.29 is 9.59 Å². The number of fused-ring (bicyclic) bond motifs is 1. The smallest absolute Gasteiger partial charge is 0.254 e. The van der Waals surface area contributed by atoms with Crippen molar-refractivity contribution in [3.63, 3.8) is 0 Å². The fourth-order valence-electron chi connectivity index (χ4n) is 4.47. The number of hydrogen-bond acceptors (Lipinski definition) is 5. The maximum absolute atomic E-state index is 13.1. The van der Waals surface area contributed by atoms with E-state index in [1.807, 2.05) is 19.2 Å². The molecule has 8 heteroatoms. The van der Waals surface area contributed by atoms with Gasteiger partial charge in [0, 0.05) is 30.9 Å². The van der Waals surface area contributed by atoms with Gasteiger partial charge in [0.15, 0.2) is 5.16 Å². The van der Waals surface area contributed by atoms with Crippen molar-refractivity contribution in [3.05, 3.63) is 36.2 Å². The predicted molar refractivity (Wildman–Crippen MR) is 113 cm³/mol. The molecule has 29 heavy (non-hydrogen) atoms. The number of nitrogens with zero attached hydrogens (tertiary/aromatic N) is 4. The van der Waals surface area contributed by atoms with E-state index in [1.54, 1.807) is 23.0 Å². The highest BCUT2D eigenvalue weighted by Crippen LogP contribution is 2.36. The van der Waals surface area contributed by atoms with Gasteiger partial charge in [-0.1, -0.05) is 24.6 Å². The van der Waals surface area contributed by atoms with Crippen molar-refractivity contribution in [1.29, 1.82) is 0 Å². The molecule has 0 bridgehead atoms. The maximum atomic E-state index is 13.1. The molecule has 1 saturated carbocycles. The van der Waals surface area contributed by atoms with Gasteiger partial charge in [-0.2, -0.15) is 0 Å². The van der Waals surface area contributed by atoms with Crippen molar-refractivity contribution in [2.75, 3.05) is 17.6 Å². The van der Waals surface area contributed by atoms with Crippen molar-refractivity contribution in [2.45, 2.75) is 49.7 Å². The monoisotopic (exact) mass is 413 g/mol. The summed E-state index contributed by atoms with van der Waals surface area (Å²) in [5, 5.41) is 11.3. The SMILES string of the molecule is Cn1cnnc1SCC(=O)Nc1ccc(C(=O)N2CCC[C@H]3CCCC[C@@H]32)cc1. The lowest BCUT2D eigenvalue weighted by molar-refractivity contribution is -0.113. The topological polar surface area (TPSA) is 80.1 Å². The number of benzene rings is 1. The van der Waals surface area contributed by atoms with Crippen LogP contribution in [0.1, 0.15) is 48.9 Å². The lowest BCUT2D eigenvalue weighted by Gasteiger charge is -2.44. The van der Waals surface area contributed by atoms with E-state index in [-0.39, 0.29) is 17.6 Å². The molecule has 2 aliphatic rings. The molecule has 154 valence electrons. The summed E-state index contributed by atoms with van der Waals surface area (Å²) in [6.07, 6.45) is 8.87. The third kappa shape index (κ3) is 4.63. The second kappa shape index (κ2) is 8.98. The van der Waals surface area contributed by atoms with E-state index in [1.165, 1.54) is 37.4 Å². The Morgan fingerprint density at radius 2 is 1.90 bits per heavy atom. The molecule has 1 aromatic carbocycles. The van der Waals surface area contributed by atoms with Crippen LogP contribution in [-0.4, -0.2) is 49.8 Å². The molecule has 2 atom stereocenters. The van der Waals surface area contributed by atoms with Gasteiger partial charge in [-0.05, 0) is 55.9 Å². The van der Waals surface area contributed by atoms with E-state index in [2.05, 4.69) is 20.4 Å². The molecule has 1 aliphatic carbocycles. The first-order valence-corrected chi connectivity index (χ1v) is 11.3. The number of hydrogen-bond donors (Lipinski definition) is 1. The van der Waals surface area contributed by atoms with E-state index in [4.69, 9.17) is 0 Å². The average Bonchev–Trinajstić information content (AvgIpc) is 3.16. The Morgan fingerprint density at radius 3 is 2.66 bits per heavy atom. The molecule has 2 aromatic rings. The number of aromatic nitrogens is 3. The molecule has 0 spiro atoms. The molecule has 2 amide bonds. The number of anilines is 1. The fourth-order valence-corrected chi connectivity index (χ4v) is 5.16. The molecule has 2 fully saturated rings. The average molecular weight is 414 g/mol. The Balaban J connectivity index is 1.34. The molecule has 1 saturated heterocycles. The summed E-state index contributed by atoms with van der Waals surface area (Å²) in [5.74, 6) is 0.936. The van der Waals surface area contributed by atoms with Crippen LogP contribution in [0.25, 0.3) is 0 Å². The van der Waals surface area contributed by atoms with Gasteiger partial charge in [0.1, 0.15) is 6.33 Å². The molecular weight excluding hydrogens is 386 g/mol. The number of thioether (sulfide) groups is 1. The summed E-state index contributed by atoms with van der Waals surface area (Å²) in [6, 6.07) is 7.66. The van der Waals surface area contributed by atoms with Gasteiger partial charge in [0.05, 0.1) is 5.75 Å². The number of carbonyl (C=O) groups is 2. The largest absolute Gasteiger partial charge is 0.335 e. The summed E-state index contributed by atoms with van der Waals surface area (Å²) in [4.78, 5) is 27.3. The number of carbonyl (C=O) groups excluding carboxylic acids is 2. The van der Waals surface area contributed by atoms with Crippen LogP contribution < -0.4 is 5.32 Å². The zero-order valence-electron chi connectivity index (χ0n) is 16.7. The standard InChI is InChI=1S/C21H27N5O2S/c1-25-14-22-24-21(25)29-13-19(27)23-17-10-8-16(9-11-17)20(28)26-12-4-6-15-5-2-3-7-18(15)26/h8-11,14-15,18H,2-7,12-13H2,1H3,(H,23,27)/t15-,18+/m1/s1. The highest BCUT2D eigenvalue weighted by molar-refractivity contribution is 7.99. The first-order valence-electron chi connectivity index (χ1n) is 10.3. The summed E-state index contributed by atoms with van der Waals surface area (Å²) < 4.78 is 1.77. The Bertz CT molecular complexity index is 864. The predicted octanol–water partition coefficient (Wildman–Crippen LogP) is 3.34. The molecule has 1 aromatic heterocycles. The van der Waals surface area contributed by atoms with Crippen LogP contribution >= 0.6 is 11.8 Å². The zero-order chi connectivity index (χ0) is 20.2. The fraction of sp³-hybridized carbons (Fsp3) is 0.524.